The van der Waals surface area contributed by atoms with Gasteiger partial charge < -0.3 is 5.32 Å². The van der Waals surface area contributed by atoms with E-state index in [2.05, 4.69) is 11.2 Å². The van der Waals surface area contributed by atoms with E-state index in [9.17, 15) is 4.79 Å². The molecule has 1 amide bonds. The Balaban J connectivity index is 2.23. The molecule has 0 bridgehead atoms. The molecule has 0 aliphatic rings. The van der Waals surface area contributed by atoms with Crippen molar-refractivity contribution in [3.63, 3.8) is 0 Å². The Morgan fingerprint density at radius 2 is 2.00 bits per heavy atom. The normalized spacial score (nSPS) is 9.27. The summed E-state index contributed by atoms with van der Waals surface area (Å²) in [6.45, 7) is 0.690. The molecule has 78 valence electrons. The molecule has 0 atom stereocenters. The molecule has 0 spiro atoms. The van der Waals surface area contributed by atoms with Crippen molar-refractivity contribution in [1.82, 2.24) is 5.32 Å². The zero-order valence-electron chi connectivity index (χ0n) is 8.70. The molecule has 0 saturated carbocycles. The second-order valence-electron chi connectivity index (χ2n) is 3.28. The van der Waals surface area contributed by atoms with Crippen LogP contribution in [0.4, 0.5) is 0 Å². The van der Waals surface area contributed by atoms with Crippen molar-refractivity contribution in [2.24, 2.45) is 0 Å². The van der Waals surface area contributed by atoms with E-state index in [0.717, 1.165) is 19.3 Å². The summed E-state index contributed by atoms with van der Waals surface area (Å²) in [6.07, 6.45) is 7.80. The van der Waals surface area contributed by atoms with Crippen LogP contribution in [0.2, 0.25) is 0 Å². The third kappa shape index (κ3) is 4.33. The average Bonchev–Trinajstić information content (AvgIpc) is 2.30. The molecular weight excluding hydrogens is 186 g/mol. The zero-order chi connectivity index (χ0) is 10.9. The lowest BCUT2D eigenvalue weighted by atomic mass is 10.2. The van der Waals surface area contributed by atoms with Crippen LogP contribution in [0.1, 0.15) is 29.6 Å². The van der Waals surface area contributed by atoms with Gasteiger partial charge in [0.05, 0.1) is 0 Å². The Morgan fingerprint density at radius 3 is 2.67 bits per heavy atom. The SMILES string of the molecule is C#CCCCCNC(=O)c1ccccc1. The monoisotopic (exact) mass is 201 g/mol. The summed E-state index contributed by atoms with van der Waals surface area (Å²) in [5.74, 6) is 2.56. The second kappa shape index (κ2) is 6.67. The number of hydrogen-bond acceptors (Lipinski definition) is 1. The quantitative estimate of drug-likeness (QED) is 0.574. The molecule has 0 heterocycles. The van der Waals surface area contributed by atoms with E-state index in [1.807, 2.05) is 18.2 Å². The van der Waals surface area contributed by atoms with Crippen molar-refractivity contribution in [1.29, 1.82) is 0 Å². The number of benzene rings is 1. The van der Waals surface area contributed by atoms with Gasteiger partial charge in [0.15, 0.2) is 0 Å². The number of hydrogen-bond donors (Lipinski definition) is 1. The molecule has 1 N–H and O–H groups in total. The predicted molar refractivity (Wildman–Crippen MR) is 61.5 cm³/mol. The molecule has 0 aromatic heterocycles. The van der Waals surface area contributed by atoms with E-state index in [1.165, 1.54) is 0 Å². The summed E-state index contributed by atoms with van der Waals surface area (Å²) in [4.78, 5) is 11.5. The summed E-state index contributed by atoms with van der Waals surface area (Å²) in [7, 11) is 0. The number of nitrogens with one attached hydrogen (secondary N) is 1. The van der Waals surface area contributed by atoms with Gasteiger partial charge in [0, 0.05) is 18.5 Å². The van der Waals surface area contributed by atoms with Gasteiger partial charge >= 0.3 is 0 Å². The molecule has 2 heteroatoms. The minimum absolute atomic E-state index is 0.0173. The van der Waals surface area contributed by atoms with Crippen molar-refractivity contribution in [3.05, 3.63) is 35.9 Å². The largest absolute Gasteiger partial charge is 0.352 e. The average molecular weight is 201 g/mol. The lowest BCUT2D eigenvalue weighted by Crippen LogP contribution is -2.24. The van der Waals surface area contributed by atoms with E-state index in [0.29, 0.717) is 12.1 Å². The van der Waals surface area contributed by atoms with Gasteiger partial charge in [-0.3, -0.25) is 4.79 Å². The Hall–Kier alpha value is -1.75. The molecular formula is C13H15NO. The molecule has 1 aromatic carbocycles. The van der Waals surface area contributed by atoms with Gasteiger partial charge in [0.1, 0.15) is 0 Å². The standard InChI is InChI=1S/C13H15NO/c1-2-3-4-8-11-14-13(15)12-9-6-5-7-10-12/h1,5-7,9-10H,3-4,8,11H2,(H,14,15). The maximum Gasteiger partial charge on any atom is 0.251 e. The first-order valence-electron chi connectivity index (χ1n) is 5.11. The van der Waals surface area contributed by atoms with E-state index in [-0.39, 0.29) is 5.91 Å². The maximum atomic E-state index is 11.5. The smallest absolute Gasteiger partial charge is 0.251 e. The van der Waals surface area contributed by atoms with Crippen LogP contribution in [0.15, 0.2) is 30.3 Å². The van der Waals surface area contributed by atoms with Crippen LogP contribution in [0.25, 0.3) is 0 Å². The topological polar surface area (TPSA) is 29.1 Å². The summed E-state index contributed by atoms with van der Waals surface area (Å²) >= 11 is 0. The van der Waals surface area contributed by atoms with E-state index in [1.54, 1.807) is 12.1 Å². The van der Waals surface area contributed by atoms with Crippen molar-refractivity contribution in [3.8, 4) is 12.3 Å². The third-order valence-corrected chi connectivity index (χ3v) is 2.07. The highest BCUT2D eigenvalue weighted by Crippen LogP contribution is 1.98. The van der Waals surface area contributed by atoms with Crippen LogP contribution >= 0.6 is 0 Å². The summed E-state index contributed by atoms with van der Waals surface area (Å²) in [5.41, 5.74) is 0.703. The molecule has 2 nitrogen and oxygen atoms in total. The van der Waals surface area contributed by atoms with Gasteiger partial charge in [-0.2, -0.15) is 0 Å². The van der Waals surface area contributed by atoms with Crippen molar-refractivity contribution in [2.75, 3.05) is 6.54 Å². The summed E-state index contributed by atoms with van der Waals surface area (Å²) < 4.78 is 0. The molecule has 15 heavy (non-hydrogen) atoms. The molecule has 0 aliphatic heterocycles. The molecule has 1 rings (SSSR count). The van der Waals surface area contributed by atoms with Gasteiger partial charge in [-0.1, -0.05) is 18.2 Å². The van der Waals surface area contributed by atoms with Crippen LogP contribution in [-0.2, 0) is 0 Å². The fraction of sp³-hybridized carbons (Fsp3) is 0.308. The number of amides is 1. The minimum Gasteiger partial charge on any atom is -0.352 e. The molecule has 0 radical (unpaired) electrons. The second-order valence-corrected chi connectivity index (χ2v) is 3.28. The minimum atomic E-state index is -0.0173. The molecule has 0 fully saturated rings. The van der Waals surface area contributed by atoms with E-state index in [4.69, 9.17) is 6.42 Å². The fourth-order valence-corrected chi connectivity index (χ4v) is 1.25. The van der Waals surface area contributed by atoms with Crippen molar-refractivity contribution in [2.45, 2.75) is 19.3 Å². The van der Waals surface area contributed by atoms with E-state index < -0.39 is 0 Å². The van der Waals surface area contributed by atoms with Crippen LogP contribution in [0.5, 0.6) is 0 Å². The van der Waals surface area contributed by atoms with Crippen molar-refractivity contribution >= 4 is 5.91 Å². The van der Waals surface area contributed by atoms with Crippen molar-refractivity contribution < 1.29 is 4.79 Å². The summed E-state index contributed by atoms with van der Waals surface area (Å²) in [5, 5.41) is 2.85. The lowest BCUT2D eigenvalue weighted by molar-refractivity contribution is 0.0953. The van der Waals surface area contributed by atoms with Gasteiger partial charge in [-0.15, -0.1) is 12.3 Å². The number of unbranched alkanes of at least 4 members (excludes halogenated alkanes) is 2. The molecule has 1 aromatic rings. The number of terminal acetylenes is 1. The first-order chi connectivity index (χ1) is 7.34. The maximum absolute atomic E-state index is 11.5. The number of carbonyl (C=O) groups excluding carboxylic acids is 1. The number of rotatable bonds is 5. The van der Waals surface area contributed by atoms with Crippen LogP contribution in [-0.4, -0.2) is 12.5 Å². The van der Waals surface area contributed by atoms with Crippen LogP contribution in [0, 0.1) is 12.3 Å². The highest BCUT2D eigenvalue weighted by Gasteiger charge is 2.01. The lowest BCUT2D eigenvalue weighted by Gasteiger charge is -2.03. The van der Waals surface area contributed by atoms with Gasteiger partial charge in [0.2, 0.25) is 0 Å². The van der Waals surface area contributed by atoms with E-state index >= 15 is 0 Å². The molecule has 0 unspecified atom stereocenters. The highest BCUT2D eigenvalue weighted by molar-refractivity contribution is 5.94. The number of carbonyl (C=O) groups is 1. The predicted octanol–water partition coefficient (Wildman–Crippen LogP) is 2.22. The fourth-order valence-electron chi connectivity index (χ4n) is 1.25. The zero-order valence-corrected chi connectivity index (χ0v) is 8.70. The first-order valence-corrected chi connectivity index (χ1v) is 5.11. The Labute approximate surface area is 90.7 Å². The van der Waals surface area contributed by atoms with Gasteiger partial charge in [-0.25, -0.2) is 0 Å². The first kappa shape index (κ1) is 11.3. The molecule has 0 aliphatic carbocycles. The Bertz CT molecular complexity index is 337. The highest BCUT2D eigenvalue weighted by atomic mass is 16.1. The van der Waals surface area contributed by atoms with Crippen LogP contribution in [0.3, 0.4) is 0 Å². The Kier molecular flexibility index (Phi) is 5.03. The Morgan fingerprint density at radius 1 is 1.27 bits per heavy atom. The van der Waals surface area contributed by atoms with Gasteiger partial charge in [-0.05, 0) is 25.0 Å². The summed E-state index contributed by atoms with van der Waals surface area (Å²) in [6, 6.07) is 9.21. The van der Waals surface area contributed by atoms with Crippen LogP contribution < -0.4 is 5.32 Å². The molecule has 0 saturated heterocycles. The third-order valence-electron chi connectivity index (χ3n) is 2.07. The van der Waals surface area contributed by atoms with Gasteiger partial charge in [0.25, 0.3) is 5.91 Å².